The van der Waals surface area contributed by atoms with Crippen LogP contribution in [-0.4, -0.2) is 16.1 Å². The molecule has 0 saturated heterocycles. The summed E-state index contributed by atoms with van der Waals surface area (Å²) in [6, 6.07) is 9.23. The van der Waals surface area contributed by atoms with Crippen LogP contribution in [0.5, 0.6) is 0 Å². The summed E-state index contributed by atoms with van der Waals surface area (Å²) in [6.07, 6.45) is 1.42. The smallest absolute Gasteiger partial charge is 0.307 e. The van der Waals surface area contributed by atoms with Gasteiger partial charge in [-0.1, -0.05) is 12.1 Å². The van der Waals surface area contributed by atoms with E-state index in [9.17, 15) is 9.18 Å². The van der Waals surface area contributed by atoms with E-state index in [0.29, 0.717) is 17.1 Å². The molecule has 0 aliphatic rings. The van der Waals surface area contributed by atoms with Gasteiger partial charge in [-0.05, 0) is 24.3 Å². The standard InChI is InChI=1S/C13H11FN2O2/c14-10-4-1-5-11(8-10)16-13-9(7-12(17)18)3-2-6-15-13/h1-6,8H,7H2,(H,15,16)(H,17,18). The quantitative estimate of drug-likeness (QED) is 0.870. The molecule has 0 aliphatic heterocycles. The first-order valence-corrected chi connectivity index (χ1v) is 5.33. The van der Waals surface area contributed by atoms with Gasteiger partial charge in [0.15, 0.2) is 0 Å². The molecule has 0 atom stereocenters. The van der Waals surface area contributed by atoms with Crippen molar-refractivity contribution in [2.24, 2.45) is 0 Å². The molecule has 2 rings (SSSR count). The number of carboxylic acid groups (broad SMARTS) is 1. The van der Waals surface area contributed by atoms with Crippen LogP contribution >= 0.6 is 0 Å². The van der Waals surface area contributed by atoms with Gasteiger partial charge in [0.1, 0.15) is 11.6 Å². The second-order valence-electron chi connectivity index (χ2n) is 3.72. The van der Waals surface area contributed by atoms with Crippen LogP contribution in [0.1, 0.15) is 5.56 Å². The summed E-state index contributed by atoms with van der Waals surface area (Å²) >= 11 is 0. The number of hydrogen-bond acceptors (Lipinski definition) is 3. The maximum absolute atomic E-state index is 13.0. The van der Waals surface area contributed by atoms with Crippen LogP contribution in [-0.2, 0) is 11.2 Å². The first-order chi connectivity index (χ1) is 8.65. The van der Waals surface area contributed by atoms with E-state index in [4.69, 9.17) is 5.11 Å². The number of aliphatic carboxylic acids is 1. The predicted octanol–water partition coefficient (Wildman–Crippen LogP) is 2.59. The van der Waals surface area contributed by atoms with Gasteiger partial charge in [0.2, 0.25) is 0 Å². The van der Waals surface area contributed by atoms with E-state index in [0.717, 1.165) is 0 Å². The fourth-order valence-corrected chi connectivity index (χ4v) is 1.56. The van der Waals surface area contributed by atoms with Crippen LogP contribution in [0.15, 0.2) is 42.6 Å². The summed E-state index contributed by atoms with van der Waals surface area (Å²) in [5.74, 6) is -0.883. The van der Waals surface area contributed by atoms with Crippen molar-refractivity contribution < 1.29 is 14.3 Å². The van der Waals surface area contributed by atoms with E-state index in [2.05, 4.69) is 10.3 Å². The Balaban J connectivity index is 2.26. The largest absolute Gasteiger partial charge is 0.481 e. The molecule has 1 heterocycles. The Hall–Kier alpha value is -2.43. The molecule has 18 heavy (non-hydrogen) atoms. The number of nitrogens with one attached hydrogen (secondary N) is 1. The summed E-state index contributed by atoms with van der Waals surface area (Å²) in [6.45, 7) is 0. The fraction of sp³-hybridized carbons (Fsp3) is 0.0769. The first-order valence-electron chi connectivity index (χ1n) is 5.33. The highest BCUT2D eigenvalue weighted by Crippen LogP contribution is 2.19. The topological polar surface area (TPSA) is 62.2 Å². The van der Waals surface area contributed by atoms with Crippen molar-refractivity contribution in [1.82, 2.24) is 4.98 Å². The second kappa shape index (κ2) is 5.27. The fourth-order valence-electron chi connectivity index (χ4n) is 1.56. The van der Waals surface area contributed by atoms with E-state index in [-0.39, 0.29) is 12.2 Å². The Morgan fingerprint density at radius 2 is 2.17 bits per heavy atom. The van der Waals surface area contributed by atoms with E-state index in [1.807, 2.05) is 0 Å². The van der Waals surface area contributed by atoms with Crippen LogP contribution in [0.2, 0.25) is 0 Å². The molecular weight excluding hydrogens is 235 g/mol. The normalized spacial score (nSPS) is 10.1. The first kappa shape index (κ1) is 12.0. The van der Waals surface area contributed by atoms with Crippen molar-refractivity contribution in [1.29, 1.82) is 0 Å². The monoisotopic (exact) mass is 246 g/mol. The van der Waals surface area contributed by atoms with Crippen LogP contribution < -0.4 is 5.32 Å². The number of rotatable bonds is 4. The molecule has 1 aromatic carbocycles. The number of carbonyl (C=O) groups is 1. The molecule has 4 nitrogen and oxygen atoms in total. The van der Waals surface area contributed by atoms with E-state index in [1.54, 1.807) is 30.5 Å². The van der Waals surface area contributed by atoms with Crippen molar-refractivity contribution in [2.75, 3.05) is 5.32 Å². The molecule has 5 heteroatoms. The molecular formula is C13H11FN2O2. The minimum absolute atomic E-state index is 0.133. The number of hydrogen-bond donors (Lipinski definition) is 2. The Morgan fingerprint density at radius 1 is 1.33 bits per heavy atom. The third-order valence-corrected chi connectivity index (χ3v) is 2.32. The zero-order valence-electron chi connectivity index (χ0n) is 9.43. The minimum Gasteiger partial charge on any atom is -0.481 e. The highest BCUT2D eigenvalue weighted by Gasteiger charge is 2.07. The maximum atomic E-state index is 13.0. The van der Waals surface area contributed by atoms with E-state index < -0.39 is 5.97 Å². The predicted molar refractivity (Wildman–Crippen MR) is 65.3 cm³/mol. The zero-order chi connectivity index (χ0) is 13.0. The average Bonchev–Trinajstić information content (AvgIpc) is 2.31. The SMILES string of the molecule is O=C(O)Cc1cccnc1Nc1cccc(F)c1. The Bertz CT molecular complexity index is 572. The molecule has 1 aromatic heterocycles. The number of nitrogens with zero attached hydrogens (tertiary/aromatic N) is 1. The maximum Gasteiger partial charge on any atom is 0.307 e. The molecule has 0 saturated carbocycles. The van der Waals surface area contributed by atoms with Gasteiger partial charge in [-0.15, -0.1) is 0 Å². The van der Waals surface area contributed by atoms with Gasteiger partial charge < -0.3 is 10.4 Å². The van der Waals surface area contributed by atoms with Crippen molar-refractivity contribution >= 4 is 17.5 Å². The van der Waals surface area contributed by atoms with Gasteiger partial charge in [-0.3, -0.25) is 4.79 Å². The molecule has 0 aliphatic carbocycles. The third kappa shape index (κ3) is 3.04. The summed E-state index contributed by atoms with van der Waals surface area (Å²) in [5, 5.41) is 11.7. The van der Waals surface area contributed by atoms with Gasteiger partial charge in [-0.2, -0.15) is 0 Å². The number of halogens is 1. The Morgan fingerprint density at radius 3 is 2.89 bits per heavy atom. The van der Waals surface area contributed by atoms with Gasteiger partial charge in [0, 0.05) is 17.4 Å². The minimum atomic E-state index is -0.940. The van der Waals surface area contributed by atoms with Gasteiger partial charge in [0.25, 0.3) is 0 Å². The van der Waals surface area contributed by atoms with Crippen molar-refractivity contribution in [3.8, 4) is 0 Å². The zero-order valence-corrected chi connectivity index (χ0v) is 9.43. The molecule has 0 unspecified atom stereocenters. The molecule has 0 spiro atoms. The molecule has 0 radical (unpaired) electrons. The lowest BCUT2D eigenvalue weighted by atomic mass is 10.2. The summed E-state index contributed by atoms with van der Waals surface area (Å²) < 4.78 is 13.0. The van der Waals surface area contributed by atoms with Gasteiger partial charge >= 0.3 is 5.97 Å². The Kier molecular flexibility index (Phi) is 3.52. The number of anilines is 2. The van der Waals surface area contributed by atoms with Crippen LogP contribution in [0.4, 0.5) is 15.9 Å². The van der Waals surface area contributed by atoms with E-state index >= 15 is 0 Å². The van der Waals surface area contributed by atoms with E-state index in [1.165, 1.54) is 12.1 Å². The lowest BCUT2D eigenvalue weighted by molar-refractivity contribution is -0.136. The molecule has 0 amide bonds. The number of carboxylic acids is 1. The molecule has 2 aromatic rings. The van der Waals surface area contributed by atoms with Crippen molar-refractivity contribution in [3.05, 3.63) is 54.0 Å². The number of benzene rings is 1. The number of pyridine rings is 1. The van der Waals surface area contributed by atoms with Gasteiger partial charge in [0.05, 0.1) is 6.42 Å². The lowest BCUT2D eigenvalue weighted by Gasteiger charge is -2.09. The van der Waals surface area contributed by atoms with Crippen LogP contribution in [0.25, 0.3) is 0 Å². The highest BCUT2D eigenvalue weighted by atomic mass is 19.1. The average molecular weight is 246 g/mol. The van der Waals surface area contributed by atoms with Crippen molar-refractivity contribution in [2.45, 2.75) is 6.42 Å². The molecule has 0 bridgehead atoms. The van der Waals surface area contributed by atoms with Crippen LogP contribution in [0, 0.1) is 5.82 Å². The molecule has 92 valence electrons. The number of aromatic nitrogens is 1. The third-order valence-electron chi connectivity index (χ3n) is 2.32. The molecule has 2 N–H and O–H groups in total. The highest BCUT2D eigenvalue weighted by molar-refractivity contribution is 5.73. The van der Waals surface area contributed by atoms with Gasteiger partial charge in [-0.25, -0.2) is 9.37 Å². The summed E-state index contributed by atoms with van der Waals surface area (Å²) in [4.78, 5) is 14.8. The second-order valence-corrected chi connectivity index (χ2v) is 3.72. The van der Waals surface area contributed by atoms with Crippen molar-refractivity contribution in [3.63, 3.8) is 0 Å². The Labute approximate surface area is 103 Å². The molecule has 0 fully saturated rings. The summed E-state index contributed by atoms with van der Waals surface area (Å²) in [7, 11) is 0. The summed E-state index contributed by atoms with van der Waals surface area (Å²) in [5.41, 5.74) is 1.08. The lowest BCUT2D eigenvalue weighted by Crippen LogP contribution is -2.05. The van der Waals surface area contributed by atoms with Crippen LogP contribution in [0.3, 0.4) is 0 Å².